The molecule has 6 rings (SSSR count). The van der Waals surface area contributed by atoms with Crippen molar-refractivity contribution in [2.24, 2.45) is 5.41 Å². The van der Waals surface area contributed by atoms with Gasteiger partial charge in [-0.15, -0.1) is 0 Å². The lowest BCUT2D eigenvalue weighted by Crippen LogP contribution is -2.49. The van der Waals surface area contributed by atoms with Crippen molar-refractivity contribution in [3.63, 3.8) is 0 Å². The molecule has 2 aliphatic heterocycles. The minimum absolute atomic E-state index is 0.106. The van der Waals surface area contributed by atoms with Crippen LogP contribution in [0.1, 0.15) is 56.6 Å². The molecule has 2 aromatic heterocycles. The predicted molar refractivity (Wildman–Crippen MR) is 151 cm³/mol. The average molecular weight is 580 g/mol. The zero-order valence-corrected chi connectivity index (χ0v) is 24.5. The third kappa shape index (κ3) is 4.91. The Morgan fingerprint density at radius 3 is 2.78 bits per heavy atom. The van der Waals surface area contributed by atoms with Crippen molar-refractivity contribution in [2.45, 2.75) is 70.1 Å². The molecule has 3 fully saturated rings. The third-order valence-electron chi connectivity index (χ3n) is 8.41. The van der Waals surface area contributed by atoms with Crippen LogP contribution in [0.25, 0.3) is 11.2 Å². The molecule has 41 heavy (non-hydrogen) atoms. The standard InChI is InChI=1S/C28H34N7O5P/c1-18(2)34(4)41(38-14-8-13-29)40-22-21-26(39-28(22,15-37-21)27(3)11-12-27)35-17-32-20-23(30-16-31-24(20)35)33-25(36)19-9-6-5-7-10-19/h5-7,9-10,16-18,21-22,26H,8,11-12,14-15H2,1-4H3,(H,30,31,33,36)/t21?,22-,26-,28+,41?/m1/s1. The van der Waals surface area contributed by atoms with Crippen LogP contribution in [0.4, 0.5) is 5.82 Å². The summed E-state index contributed by atoms with van der Waals surface area (Å²) >= 11 is 0. The molecular weight excluding hydrogens is 545 g/mol. The number of amides is 1. The van der Waals surface area contributed by atoms with Crippen molar-refractivity contribution in [1.82, 2.24) is 24.2 Å². The third-order valence-corrected chi connectivity index (χ3v) is 10.2. The van der Waals surface area contributed by atoms with Crippen molar-refractivity contribution in [1.29, 1.82) is 5.26 Å². The number of ether oxygens (including phenoxy) is 2. The average Bonchev–Trinajstić information content (AvgIpc) is 3.31. The van der Waals surface area contributed by atoms with Crippen LogP contribution in [0.15, 0.2) is 43.0 Å². The SMILES string of the molecule is CC(C)N(C)P(OCCC#N)O[C@@H]1C2OC[C@]1(C1(C)CC1)O[C@H]2n1cnc2c(NC(=O)c3ccccc3)ncnc21. The fraction of sp³-hybridized carbons (Fsp3) is 0.536. The molecule has 1 saturated carbocycles. The normalized spacial score (nSPS) is 26.9. The molecule has 216 valence electrons. The van der Waals surface area contributed by atoms with Gasteiger partial charge in [0.25, 0.3) is 14.4 Å². The first-order valence-corrected chi connectivity index (χ1v) is 14.9. The highest BCUT2D eigenvalue weighted by Gasteiger charge is 2.73. The van der Waals surface area contributed by atoms with E-state index in [-0.39, 0.29) is 30.4 Å². The molecule has 0 spiro atoms. The van der Waals surface area contributed by atoms with E-state index in [0.717, 1.165) is 12.8 Å². The van der Waals surface area contributed by atoms with Gasteiger partial charge in [0.15, 0.2) is 23.2 Å². The summed E-state index contributed by atoms with van der Waals surface area (Å²) in [7, 11) is 0.495. The number of hydrogen-bond acceptors (Lipinski definition) is 10. The van der Waals surface area contributed by atoms with Gasteiger partial charge in [-0.1, -0.05) is 25.1 Å². The molecule has 1 aliphatic carbocycles. The lowest BCUT2D eigenvalue weighted by Gasteiger charge is -2.38. The summed E-state index contributed by atoms with van der Waals surface area (Å²) in [4.78, 5) is 26.2. The van der Waals surface area contributed by atoms with Gasteiger partial charge in [0.1, 0.15) is 24.1 Å². The predicted octanol–water partition coefficient (Wildman–Crippen LogP) is 4.43. The van der Waals surface area contributed by atoms with Gasteiger partial charge < -0.3 is 23.8 Å². The summed E-state index contributed by atoms with van der Waals surface area (Å²) in [6.45, 7) is 7.08. The Kier molecular flexibility index (Phi) is 7.53. The molecular formula is C28H34N7O5P. The molecule has 0 radical (unpaired) electrons. The van der Waals surface area contributed by atoms with Crippen LogP contribution in [0.2, 0.25) is 0 Å². The van der Waals surface area contributed by atoms with Crippen molar-refractivity contribution in [2.75, 3.05) is 25.6 Å². The number of imidazole rings is 1. The fourth-order valence-corrected chi connectivity index (χ4v) is 6.95. The summed E-state index contributed by atoms with van der Waals surface area (Å²) in [6, 6.07) is 11.2. The van der Waals surface area contributed by atoms with Gasteiger partial charge in [-0.3, -0.25) is 9.36 Å². The van der Waals surface area contributed by atoms with Gasteiger partial charge in [0.05, 0.1) is 32.0 Å². The quantitative estimate of drug-likeness (QED) is 0.257. The second-order valence-electron chi connectivity index (χ2n) is 11.3. The second-order valence-corrected chi connectivity index (χ2v) is 12.8. The molecule has 1 N–H and O–H groups in total. The minimum Gasteiger partial charge on any atom is -0.367 e. The van der Waals surface area contributed by atoms with E-state index < -0.39 is 32.6 Å². The number of anilines is 1. The number of nitrogens with one attached hydrogen (secondary N) is 1. The lowest BCUT2D eigenvalue weighted by atomic mass is 9.83. The van der Waals surface area contributed by atoms with Crippen LogP contribution in [-0.4, -0.2) is 74.2 Å². The van der Waals surface area contributed by atoms with Crippen molar-refractivity contribution < 1.29 is 23.3 Å². The monoisotopic (exact) mass is 579 g/mol. The molecule has 1 amide bonds. The maximum absolute atomic E-state index is 12.8. The van der Waals surface area contributed by atoms with E-state index in [1.54, 1.807) is 30.6 Å². The number of carbonyl (C=O) groups is 1. The Morgan fingerprint density at radius 1 is 1.29 bits per heavy atom. The van der Waals surface area contributed by atoms with Crippen LogP contribution in [0.5, 0.6) is 0 Å². The summed E-state index contributed by atoms with van der Waals surface area (Å²) in [5.41, 5.74) is 0.710. The largest absolute Gasteiger partial charge is 0.367 e. The summed E-state index contributed by atoms with van der Waals surface area (Å²) in [5.74, 6) is 0.0316. The van der Waals surface area contributed by atoms with Gasteiger partial charge >= 0.3 is 0 Å². The summed E-state index contributed by atoms with van der Waals surface area (Å²) in [6.07, 6.45) is 3.96. The minimum atomic E-state index is -1.47. The van der Waals surface area contributed by atoms with Crippen molar-refractivity contribution in [3.8, 4) is 6.07 Å². The molecule has 4 heterocycles. The van der Waals surface area contributed by atoms with Crippen LogP contribution < -0.4 is 5.32 Å². The fourth-order valence-electron chi connectivity index (χ4n) is 5.45. The topological polar surface area (TPSA) is 137 Å². The van der Waals surface area contributed by atoms with E-state index in [2.05, 4.69) is 51.8 Å². The van der Waals surface area contributed by atoms with Gasteiger partial charge in [-0.25, -0.2) is 19.6 Å². The molecule has 3 aromatic rings. The van der Waals surface area contributed by atoms with E-state index in [4.69, 9.17) is 23.8 Å². The molecule has 2 unspecified atom stereocenters. The number of benzene rings is 1. The Bertz CT molecular complexity index is 1460. The van der Waals surface area contributed by atoms with E-state index in [9.17, 15) is 4.79 Å². The highest BCUT2D eigenvalue weighted by molar-refractivity contribution is 7.44. The number of aromatic nitrogens is 4. The number of nitriles is 1. The molecule has 1 aromatic carbocycles. The first-order chi connectivity index (χ1) is 19.8. The van der Waals surface area contributed by atoms with E-state index >= 15 is 0 Å². The summed E-state index contributed by atoms with van der Waals surface area (Å²) < 4.78 is 30.1. The van der Waals surface area contributed by atoms with Gasteiger partial charge in [-0.2, -0.15) is 5.26 Å². The van der Waals surface area contributed by atoms with Crippen molar-refractivity contribution >= 4 is 31.4 Å². The highest BCUT2D eigenvalue weighted by Crippen LogP contribution is 2.66. The first-order valence-electron chi connectivity index (χ1n) is 13.8. The second kappa shape index (κ2) is 11.0. The van der Waals surface area contributed by atoms with Gasteiger partial charge in [-0.05, 0) is 45.9 Å². The molecule has 13 heteroatoms. The lowest BCUT2D eigenvalue weighted by molar-refractivity contribution is -0.196. The number of rotatable bonds is 11. The van der Waals surface area contributed by atoms with Crippen LogP contribution in [-0.2, 0) is 18.5 Å². The van der Waals surface area contributed by atoms with Crippen LogP contribution in [0, 0.1) is 16.7 Å². The van der Waals surface area contributed by atoms with E-state index in [0.29, 0.717) is 29.2 Å². The Morgan fingerprint density at radius 2 is 2.07 bits per heavy atom. The maximum Gasteiger partial charge on any atom is 0.259 e. The molecule has 2 saturated heterocycles. The highest BCUT2D eigenvalue weighted by atomic mass is 31.2. The molecule has 5 atom stereocenters. The molecule has 12 nitrogen and oxygen atoms in total. The Labute approximate surface area is 239 Å². The van der Waals surface area contributed by atoms with Gasteiger partial charge in [0.2, 0.25) is 0 Å². The number of fused-ring (bicyclic) bond motifs is 3. The van der Waals surface area contributed by atoms with Crippen molar-refractivity contribution in [3.05, 3.63) is 48.5 Å². The molecule has 2 bridgehead atoms. The maximum atomic E-state index is 12.8. The first kappa shape index (κ1) is 28.1. The Hall–Kier alpha value is -3.04. The molecule has 3 aliphatic rings. The van der Waals surface area contributed by atoms with E-state index in [1.165, 1.54) is 6.33 Å². The number of carbonyl (C=O) groups excluding carboxylic acids is 1. The summed E-state index contributed by atoms with van der Waals surface area (Å²) in [5, 5.41) is 11.9. The van der Waals surface area contributed by atoms with Gasteiger partial charge in [0, 0.05) is 17.0 Å². The number of nitrogens with zero attached hydrogens (tertiary/aromatic N) is 6. The smallest absolute Gasteiger partial charge is 0.259 e. The number of hydrogen-bond donors (Lipinski definition) is 1. The van der Waals surface area contributed by atoms with Crippen LogP contribution in [0.3, 0.4) is 0 Å². The van der Waals surface area contributed by atoms with E-state index in [1.807, 2.05) is 17.7 Å². The van der Waals surface area contributed by atoms with Crippen LogP contribution >= 0.6 is 8.53 Å². The zero-order chi connectivity index (χ0) is 28.8. The zero-order valence-electron chi connectivity index (χ0n) is 23.6. The Balaban J connectivity index is 1.30.